The normalized spacial score (nSPS) is 24.9. The molecule has 0 bridgehead atoms. The number of likely N-dealkylation sites (tertiary alicyclic amines) is 1. The number of hydrogen-bond acceptors (Lipinski definition) is 7. The van der Waals surface area contributed by atoms with Crippen molar-refractivity contribution in [3.63, 3.8) is 0 Å². The summed E-state index contributed by atoms with van der Waals surface area (Å²) in [6, 6.07) is 9.64. The third kappa shape index (κ3) is 5.23. The molecular weight excluding hydrogens is 448 g/mol. The van der Waals surface area contributed by atoms with E-state index in [-0.39, 0.29) is 37.8 Å². The van der Waals surface area contributed by atoms with Gasteiger partial charge in [-0.25, -0.2) is 18.7 Å². The van der Waals surface area contributed by atoms with Crippen LogP contribution in [0.25, 0.3) is 5.57 Å². The van der Waals surface area contributed by atoms with Crippen LogP contribution >= 0.6 is 0 Å². The van der Waals surface area contributed by atoms with Gasteiger partial charge in [-0.1, -0.05) is 36.4 Å². The van der Waals surface area contributed by atoms with Gasteiger partial charge in [-0.15, -0.1) is 0 Å². The van der Waals surface area contributed by atoms with Crippen molar-refractivity contribution in [2.24, 2.45) is 5.41 Å². The summed E-state index contributed by atoms with van der Waals surface area (Å²) in [4.78, 5) is 26.6. The predicted octanol–water partition coefficient (Wildman–Crippen LogP) is 2.16. The molecule has 1 unspecified atom stereocenters. The maximum Gasteiger partial charge on any atom is 0.410 e. The van der Waals surface area contributed by atoms with Gasteiger partial charge < -0.3 is 14.4 Å². The zero-order valence-corrected chi connectivity index (χ0v) is 19.3. The summed E-state index contributed by atoms with van der Waals surface area (Å²) in [5.74, 6) is -1.09. The van der Waals surface area contributed by atoms with E-state index in [2.05, 4.69) is 0 Å². The minimum absolute atomic E-state index is 0.126. The second-order valence-corrected chi connectivity index (χ2v) is 11.3. The molecule has 2 heterocycles. The molecule has 0 radical (unpaired) electrons. The molecule has 3 aliphatic rings. The molecule has 180 valence electrons. The zero-order chi connectivity index (χ0) is 23.5. The molecule has 2 amide bonds. The number of carbonyl (C=O) groups is 2. The van der Waals surface area contributed by atoms with E-state index < -0.39 is 32.5 Å². The summed E-state index contributed by atoms with van der Waals surface area (Å²) < 4.78 is 37.3. The fraction of sp³-hybridized carbons (Fsp3) is 0.565. The molecule has 9 nitrogen and oxygen atoms in total. The van der Waals surface area contributed by atoms with E-state index in [1.165, 1.54) is 4.90 Å². The van der Waals surface area contributed by atoms with Crippen molar-refractivity contribution in [1.29, 1.82) is 0 Å². The highest BCUT2D eigenvalue weighted by Crippen LogP contribution is 2.38. The highest BCUT2D eigenvalue weighted by Gasteiger charge is 2.48. The van der Waals surface area contributed by atoms with Crippen LogP contribution in [-0.4, -0.2) is 73.9 Å². The first-order valence-electron chi connectivity index (χ1n) is 11.3. The molecule has 10 heteroatoms. The lowest BCUT2D eigenvalue weighted by atomic mass is 9.79. The van der Waals surface area contributed by atoms with E-state index in [0.717, 1.165) is 11.1 Å². The Hall–Kier alpha value is -2.43. The Morgan fingerprint density at radius 3 is 2.58 bits per heavy atom. The van der Waals surface area contributed by atoms with E-state index in [0.29, 0.717) is 32.5 Å². The standard InChI is InChI=1S/C23H30N2O7S/c26-21(24-28)23(9-11-25(12-10-23)22(27)32-19-8-13-31-15-19)16-33(29,30)20-7-6-18(14-20)17-4-2-1-3-5-17/h1-6,19-20,28H,7-16H2,(H,24,26)/t19-,20?/m0/s1. The monoisotopic (exact) mass is 478 g/mol. The van der Waals surface area contributed by atoms with E-state index in [1.807, 2.05) is 36.4 Å². The largest absolute Gasteiger partial charge is 0.444 e. The van der Waals surface area contributed by atoms with Gasteiger partial charge in [0.05, 0.1) is 29.6 Å². The minimum atomic E-state index is -3.65. The molecule has 33 heavy (non-hydrogen) atoms. The van der Waals surface area contributed by atoms with Crippen molar-refractivity contribution in [2.45, 2.75) is 43.5 Å². The van der Waals surface area contributed by atoms with Crippen LogP contribution in [0.3, 0.4) is 0 Å². The average molecular weight is 479 g/mol. The van der Waals surface area contributed by atoms with Gasteiger partial charge in [0, 0.05) is 19.5 Å². The second-order valence-electron chi connectivity index (χ2n) is 9.04. The number of piperidine rings is 1. The SMILES string of the molecule is O=C(O[C@H]1CCOC1)N1CCC(CS(=O)(=O)C2CC=C(c3ccccc3)C2)(C(=O)NO)CC1. The van der Waals surface area contributed by atoms with Crippen LogP contribution in [0.2, 0.25) is 0 Å². The molecule has 2 atom stereocenters. The summed E-state index contributed by atoms with van der Waals surface area (Å²) in [6.07, 6.45) is 2.87. The number of rotatable bonds is 6. The van der Waals surface area contributed by atoms with Crippen molar-refractivity contribution in [1.82, 2.24) is 10.4 Å². The highest BCUT2D eigenvalue weighted by molar-refractivity contribution is 7.92. The first kappa shape index (κ1) is 23.7. The number of ether oxygens (including phenoxy) is 2. The molecule has 0 spiro atoms. The Labute approximate surface area is 193 Å². The van der Waals surface area contributed by atoms with Gasteiger partial charge in [-0.05, 0) is 36.8 Å². The topological polar surface area (TPSA) is 122 Å². The molecule has 2 aliphatic heterocycles. The summed E-state index contributed by atoms with van der Waals surface area (Å²) in [5, 5.41) is 8.74. The van der Waals surface area contributed by atoms with Crippen LogP contribution in [0.4, 0.5) is 4.79 Å². The van der Waals surface area contributed by atoms with Crippen LogP contribution in [-0.2, 0) is 24.1 Å². The lowest BCUT2D eigenvalue weighted by molar-refractivity contribution is -0.141. The maximum atomic E-state index is 13.3. The molecule has 1 aromatic rings. The van der Waals surface area contributed by atoms with E-state index in [4.69, 9.17) is 9.47 Å². The number of allylic oxidation sites excluding steroid dienone is 2. The van der Waals surface area contributed by atoms with Gasteiger partial charge in [-0.2, -0.15) is 0 Å². The number of carbonyl (C=O) groups excluding carboxylic acids is 2. The molecule has 4 rings (SSSR count). The van der Waals surface area contributed by atoms with E-state index >= 15 is 0 Å². The Morgan fingerprint density at radius 1 is 1.21 bits per heavy atom. The lowest BCUT2D eigenvalue weighted by Crippen LogP contribution is -2.53. The Kier molecular flexibility index (Phi) is 7.06. The van der Waals surface area contributed by atoms with Crippen LogP contribution < -0.4 is 5.48 Å². The quantitative estimate of drug-likeness (QED) is 0.475. The summed E-state index contributed by atoms with van der Waals surface area (Å²) in [5.41, 5.74) is 2.35. The fourth-order valence-corrected chi connectivity index (χ4v) is 7.09. The number of amides is 2. The Morgan fingerprint density at radius 2 is 1.94 bits per heavy atom. The Balaban J connectivity index is 1.40. The van der Waals surface area contributed by atoms with E-state index in [9.17, 15) is 23.2 Å². The van der Waals surface area contributed by atoms with Crippen molar-refractivity contribution in [3.8, 4) is 0 Å². The number of nitrogens with zero attached hydrogens (tertiary/aromatic N) is 1. The van der Waals surface area contributed by atoms with Crippen LogP contribution in [0.1, 0.15) is 37.7 Å². The smallest absolute Gasteiger partial charge is 0.410 e. The van der Waals surface area contributed by atoms with Gasteiger partial charge in [-0.3, -0.25) is 10.0 Å². The molecule has 1 aromatic carbocycles. The fourth-order valence-electron chi connectivity index (χ4n) is 4.85. The maximum absolute atomic E-state index is 13.3. The van der Waals surface area contributed by atoms with Gasteiger partial charge >= 0.3 is 6.09 Å². The number of hydroxylamine groups is 1. The predicted molar refractivity (Wildman–Crippen MR) is 120 cm³/mol. The van der Waals surface area contributed by atoms with Crippen molar-refractivity contribution in [2.75, 3.05) is 32.1 Å². The summed E-state index contributed by atoms with van der Waals surface area (Å²) >= 11 is 0. The first-order valence-corrected chi connectivity index (χ1v) is 13.0. The molecule has 2 N–H and O–H groups in total. The first-order chi connectivity index (χ1) is 15.8. The summed E-state index contributed by atoms with van der Waals surface area (Å²) in [6.45, 7) is 1.27. The molecular formula is C23H30N2O7S. The van der Waals surface area contributed by atoms with Gasteiger partial charge in [0.1, 0.15) is 6.10 Å². The molecule has 2 saturated heterocycles. The highest BCUT2D eigenvalue weighted by atomic mass is 32.2. The molecule has 1 aliphatic carbocycles. The number of sulfone groups is 1. The Bertz CT molecular complexity index is 995. The van der Waals surface area contributed by atoms with Crippen LogP contribution in [0.5, 0.6) is 0 Å². The third-order valence-corrected chi connectivity index (χ3v) is 9.25. The van der Waals surface area contributed by atoms with E-state index in [1.54, 1.807) is 5.48 Å². The van der Waals surface area contributed by atoms with Gasteiger partial charge in [0.15, 0.2) is 9.84 Å². The number of nitrogens with one attached hydrogen (secondary N) is 1. The molecule has 2 fully saturated rings. The average Bonchev–Trinajstić information content (AvgIpc) is 3.52. The summed E-state index contributed by atoms with van der Waals surface area (Å²) in [7, 11) is -3.65. The third-order valence-electron chi connectivity index (χ3n) is 6.92. The zero-order valence-electron chi connectivity index (χ0n) is 18.4. The van der Waals surface area contributed by atoms with Crippen molar-refractivity contribution >= 4 is 27.4 Å². The minimum Gasteiger partial charge on any atom is -0.444 e. The van der Waals surface area contributed by atoms with Crippen LogP contribution in [0, 0.1) is 5.41 Å². The second kappa shape index (κ2) is 9.82. The van der Waals surface area contributed by atoms with Crippen molar-refractivity contribution < 1.29 is 32.7 Å². The number of benzene rings is 1. The molecule has 0 saturated carbocycles. The van der Waals surface area contributed by atoms with Gasteiger partial charge in [0.25, 0.3) is 5.91 Å². The van der Waals surface area contributed by atoms with Gasteiger partial charge in [0.2, 0.25) is 0 Å². The van der Waals surface area contributed by atoms with Crippen LogP contribution in [0.15, 0.2) is 36.4 Å². The number of hydrogen-bond donors (Lipinski definition) is 2. The lowest BCUT2D eigenvalue weighted by Gasteiger charge is -2.40. The van der Waals surface area contributed by atoms with Crippen molar-refractivity contribution in [3.05, 3.63) is 42.0 Å². The molecule has 0 aromatic heterocycles.